The third-order valence-electron chi connectivity index (χ3n) is 2.16. The Kier molecular flexibility index (Phi) is 2.74. The molecule has 1 atom stereocenters. The fourth-order valence-electron chi connectivity index (χ4n) is 1.52. The summed E-state index contributed by atoms with van der Waals surface area (Å²) in [7, 11) is 5.76. The first-order valence-electron chi connectivity index (χ1n) is 4.39. The first-order chi connectivity index (χ1) is 6.27. The highest BCUT2D eigenvalue weighted by atomic mass is 79.9. The van der Waals surface area contributed by atoms with Gasteiger partial charge in [0.1, 0.15) is 18.7 Å². The fourth-order valence-corrected chi connectivity index (χ4v) is 1.93. The van der Waals surface area contributed by atoms with E-state index in [1.54, 1.807) is 10.7 Å². The second kappa shape index (κ2) is 3.84. The highest BCUT2D eigenvalue weighted by Crippen LogP contribution is 2.21. The third-order valence-corrected chi connectivity index (χ3v) is 2.55. The van der Waals surface area contributed by atoms with Gasteiger partial charge in [-0.25, -0.2) is 0 Å². The number of rotatable bonds is 1. The van der Waals surface area contributed by atoms with Crippen LogP contribution in [-0.2, 0) is 4.74 Å². The molecule has 1 aliphatic rings. The SMILES string of the molecule is [B]c1cc(Br)nn1C1CCCCO1. The molecular formula is C8H10BBrN2O. The Hall–Kier alpha value is -0.285. The molecule has 5 heteroatoms. The minimum absolute atomic E-state index is 0.0278. The summed E-state index contributed by atoms with van der Waals surface area (Å²) in [5.41, 5.74) is 0.652. The van der Waals surface area contributed by atoms with Gasteiger partial charge in [0, 0.05) is 6.61 Å². The first kappa shape index (κ1) is 9.28. The quantitative estimate of drug-likeness (QED) is 0.689. The fraction of sp³-hybridized carbons (Fsp3) is 0.625. The molecule has 1 aromatic rings. The van der Waals surface area contributed by atoms with Crippen molar-refractivity contribution in [2.45, 2.75) is 25.5 Å². The van der Waals surface area contributed by atoms with E-state index in [-0.39, 0.29) is 6.23 Å². The van der Waals surface area contributed by atoms with E-state index in [0.717, 1.165) is 24.1 Å². The molecule has 2 rings (SSSR count). The van der Waals surface area contributed by atoms with Crippen LogP contribution in [0.15, 0.2) is 10.7 Å². The molecule has 0 aromatic carbocycles. The van der Waals surface area contributed by atoms with Gasteiger partial charge < -0.3 is 4.74 Å². The van der Waals surface area contributed by atoms with Crippen molar-refractivity contribution in [3.63, 3.8) is 0 Å². The van der Waals surface area contributed by atoms with Gasteiger partial charge in [-0.05, 0) is 46.9 Å². The maximum atomic E-state index is 5.76. The minimum Gasteiger partial charge on any atom is -0.357 e. The van der Waals surface area contributed by atoms with Crippen LogP contribution in [-0.4, -0.2) is 24.2 Å². The average molecular weight is 241 g/mol. The van der Waals surface area contributed by atoms with E-state index in [1.165, 1.54) is 6.42 Å². The second-order valence-corrected chi connectivity index (χ2v) is 3.97. The topological polar surface area (TPSA) is 27.1 Å². The molecular weight excluding hydrogens is 231 g/mol. The van der Waals surface area contributed by atoms with Crippen LogP contribution in [0.5, 0.6) is 0 Å². The normalized spacial score (nSPS) is 23.3. The predicted molar refractivity (Wildman–Crippen MR) is 54.2 cm³/mol. The molecule has 1 aromatic heterocycles. The molecule has 1 saturated heterocycles. The lowest BCUT2D eigenvalue weighted by Gasteiger charge is -2.24. The Morgan fingerprint density at radius 2 is 2.46 bits per heavy atom. The Labute approximate surface area is 87.0 Å². The van der Waals surface area contributed by atoms with E-state index in [0.29, 0.717) is 5.59 Å². The van der Waals surface area contributed by atoms with Gasteiger partial charge >= 0.3 is 0 Å². The predicted octanol–water partition coefficient (Wildman–Crippen LogP) is 1.14. The minimum atomic E-state index is 0.0278. The van der Waals surface area contributed by atoms with Crippen LogP contribution in [0, 0.1) is 0 Å². The van der Waals surface area contributed by atoms with Crippen molar-refractivity contribution in [1.29, 1.82) is 0 Å². The van der Waals surface area contributed by atoms with Crippen molar-refractivity contribution in [2.75, 3.05) is 6.61 Å². The van der Waals surface area contributed by atoms with E-state index < -0.39 is 0 Å². The molecule has 2 radical (unpaired) electrons. The van der Waals surface area contributed by atoms with Crippen molar-refractivity contribution in [2.24, 2.45) is 0 Å². The molecule has 1 unspecified atom stereocenters. The molecule has 1 aliphatic heterocycles. The van der Waals surface area contributed by atoms with Crippen molar-refractivity contribution in [3.05, 3.63) is 10.7 Å². The number of hydrogen-bond donors (Lipinski definition) is 0. The molecule has 68 valence electrons. The van der Waals surface area contributed by atoms with Crippen LogP contribution in [0.1, 0.15) is 25.5 Å². The largest absolute Gasteiger partial charge is 0.357 e. The van der Waals surface area contributed by atoms with Crippen molar-refractivity contribution >= 4 is 29.4 Å². The number of hydrogen-bond acceptors (Lipinski definition) is 2. The zero-order valence-corrected chi connectivity index (χ0v) is 8.83. The second-order valence-electron chi connectivity index (χ2n) is 3.16. The lowest BCUT2D eigenvalue weighted by molar-refractivity contribution is -0.0376. The highest BCUT2D eigenvalue weighted by Gasteiger charge is 2.17. The number of nitrogens with zero attached hydrogens (tertiary/aromatic N) is 2. The van der Waals surface area contributed by atoms with Gasteiger partial charge in [-0.2, -0.15) is 5.10 Å². The van der Waals surface area contributed by atoms with Gasteiger partial charge in [0.15, 0.2) is 0 Å². The van der Waals surface area contributed by atoms with Gasteiger partial charge in [0.05, 0.1) is 0 Å². The summed E-state index contributed by atoms with van der Waals surface area (Å²) in [6.45, 7) is 0.807. The van der Waals surface area contributed by atoms with Crippen LogP contribution < -0.4 is 5.59 Å². The summed E-state index contributed by atoms with van der Waals surface area (Å²) in [6, 6.07) is 1.79. The van der Waals surface area contributed by atoms with Crippen LogP contribution in [0.3, 0.4) is 0 Å². The van der Waals surface area contributed by atoms with Crippen molar-refractivity contribution in [3.8, 4) is 0 Å². The molecule has 1 fully saturated rings. The number of ether oxygens (including phenoxy) is 1. The van der Waals surface area contributed by atoms with Gasteiger partial charge in [-0.15, -0.1) is 0 Å². The van der Waals surface area contributed by atoms with E-state index in [4.69, 9.17) is 12.6 Å². The summed E-state index contributed by atoms with van der Waals surface area (Å²) in [5.74, 6) is 0. The smallest absolute Gasteiger partial charge is 0.149 e. The van der Waals surface area contributed by atoms with Crippen LogP contribution in [0.2, 0.25) is 0 Å². The molecule has 2 heterocycles. The molecule has 0 aliphatic carbocycles. The number of halogens is 1. The molecule has 0 saturated carbocycles. The lowest BCUT2D eigenvalue weighted by Crippen LogP contribution is -2.27. The zero-order chi connectivity index (χ0) is 9.26. The lowest BCUT2D eigenvalue weighted by atomic mass is 10.0. The Morgan fingerprint density at radius 3 is 3.00 bits per heavy atom. The van der Waals surface area contributed by atoms with Crippen molar-refractivity contribution < 1.29 is 4.74 Å². The van der Waals surface area contributed by atoms with E-state index in [2.05, 4.69) is 21.0 Å². The molecule has 0 N–H and O–H groups in total. The summed E-state index contributed by atoms with van der Waals surface area (Å²) < 4.78 is 8.06. The summed E-state index contributed by atoms with van der Waals surface area (Å²) in [4.78, 5) is 0. The van der Waals surface area contributed by atoms with E-state index >= 15 is 0 Å². The standard InChI is InChI=1S/C8H10BBrN2O/c9-6-5-7(10)11-12(6)8-3-1-2-4-13-8/h5,8H,1-4H2. The van der Waals surface area contributed by atoms with Crippen molar-refractivity contribution in [1.82, 2.24) is 9.78 Å². The Bertz CT molecular complexity index is 296. The monoisotopic (exact) mass is 240 g/mol. The summed E-state index contributed by atoms with van der Waals surface area (Å²) in [6.07, 6.45) is 3.35. The number of aromatic nitrogens is 2. The van der Waals surface area contributed by atoms with Gasteiger partial charge in [-0.1, -0.05) is 0 Å². The summed E-state index contributed by atoms with van der Waals surface area (Å²) in [5, 5.41) is 4.22. The van der Waals surface area contributed by atoms with Gasteiger partial charge in [-0.3, -0.25) is 4.68 Å². The van der Waals surface area contributed by atoms with E-state index in [9.17, 15) is 0 Å². The Balaban J connectivity index is 2.18. The average Bonchev–Trinajstić information content (AvgIpc) is 2.47. The molecule has 3 nitrogen and oxygen atoms in total. The van der Waals surface area contributed by atoms with E-state index in [1.807, 2.05) is 0 Å². The van der Waals surface area contributed by atoms with Crippen LogP contribution in [0.25, 0.3) is 0 Å². The molecule has 13 heavy (non-hydrogen) atoms. The highest BCUT2D eigenvalue weighted by molar-refractivity contribution is 9.10. The Morgan fingerprint density at radius 1 is 1.62 bits per heavy atom. The first-order valence-corrected chi connectivity index (χ1v) is 5.19. The maximum absolute atomic E-state index is 5.76. The molecule has 0 bridgehead atoms. The zero-order valence-electron chi connectivity index (χ0n) is 7.24. The van der Waals surface area contributed by atoms with Crippen LogP contribution >= 0.6 is 15.9 Å². The maximum Gasteiger partial charge on any atom is 0.149 e. The third kappa shape index (κ3) is 1.97. The van der Waals surface area contributed by atoms with Gasteiger partial charge in [0.25, 0.3) is 0 Å². The molecule has 0 amide bonds. The summed E-state index contributed by atoms with van der Waals surface area (Å²) >= 11 is 3.28. The van der Waals surface area contributed by atoms with Gasteiger partial charge in [0.2, 0.25) is 0 Å². The molecule has 0 spiro atoms. The van der Waals surface area contributed by atoms with Crippen LogP contribution in [0.4, 0.5) is 0 Å².